The van der Waals surface area contributed by atoms with Crippen molar-refractivity contribution in [2.75, 3.05) is 6.61 Å². The normalized spacial score (nSPS) is 25.2. The minimum Gasteiger partial charge on any atom is -0.390 e. The third-order valence-electron chi connectivity index (χ3n) is 2.89. The molecule has 15 heavy (non-hydrogen) atoms. The van der Waals surface area contributed by atoms with Crippen LogP contribution in [0.5, 0.6) is 0 Å². The summed E-state index contributed by atoms with van der Waals surface area (Å²) >= 11 is 5.17. The number of imidazole rings is 1. The zero-order valence-corrected chi connectivity index (χ0v) is 9.59. The molecule has 4 nitrogen and oxygen atoms in total. The van der Waals surface area contributed by atoms with Crippen LogP contribution in [0, 0.1) is 4.77 Å². The van der Waals surface area contributed by atoms with Crippen LogP contribution < -0.4 is 0 Å². The van der Waals surface area contributed by atoms with Crippen LogP contribution in [0.15, 0.2) is 6.20 Å². The van der Waals surface area contributed by atoms with E-state index in [1.54, 1.807) is 6.20 Å². The van der Waals surface area contributed by atoms with Gasteiger partial charge in [0.25, 0.3) is 0 Å². The van der Waals surface area contributed by atoms with E-state index in [-0.39, 0.29) is 6.61 Å². The van der Waals surface area contributed by atoms with Crippen molar-refractivity contribution in [2.45, 2.75) is 38.5 Å². The molecular formula is C10H16N2O2S. The summed E-state index contributed by atoms with van der Waals surface area (Å²) in [5.74, 6) is 0. The lowest BCUT2D eigenvalue weighted by atomic mass is 9.89. The van der Waals surface area contributed by atoms with Gasteiger partial charge >= 0.3 is 0 Å². The first-order chi connectivity index (χ1) is 7.26. The molecule has 0 unspecified atom stereocenters. The first-order valence-electron chi connectivity index (χ1n) is 5.27. The molecule has 1 aliphatic carbocycles. The molecule has 0 saturated heterocycles. The number of H-pyrrole nitrogens is 1. The molecular weight excluding hydrogens is 212 g/mol. The maximum Gasteiger partial charge on any atom is 0.177 e. The summed E-state index contributed by atoms with van der Waals surface area (Å²) in [6.45, 7) is 2.81. The van der Waals surface area contributed by atoms with Gasteiger partial charge in [0.2, 0.25) is 0 Å². The predicted octanol–water partition coefficient (Wildman–Crippen LogP) is 1.78. The van der Waals surface area contributed by atoms with Crippen LogP contribution in [-0.4, -0.2) is 27.4 Å². The summed E-state index contributed by atoms with van der Waals surface area (Å²) in [5.41, 5.74) is 0.861. The molecule has 0 atom stereocenters. The Balaban J connectivity index is 2.06. The first kappa shape index (κ1) is 10.9. The summed E-state index contributed by atoms with van der Waals surface area (Å²) in [6.07, 6.45) is 4.12. The minimum absolute atomic E-state index is 0.0307. The summed E-state index contributed by atoms with van der Waals surface area (Å²) in [6, 6.07) is 0.391. The minimum atomic E-state index is 0.0307. The summed E-state index contributed by atoms with van der Waals surface area (Å²) in [5, 5.41) is 9.15. The zero-order chi connectivity index (χ0) is 10.8. The molecule has 1 aromatic heterocycles. The summed E-state index contributed by atoms with van der Waals surface area (Å²) < 4.78 is 8.20. The third-order valence-corrected chi connectivity index (χ3v) is 3.20. The fourth-order valence-electron chi connectivity index (χ4n) is 2.06. The van der Waals surface area contributed by atoms with Gasteiger partial charge in [0.15, 0.2) is 4.77 Å². The maximum atomic E-state index is 9.15. The molecule has 84 valence electrons. The van der Waals surface area contributed by atoms with Crippen LogP contribution in [0.3, 0.4) is 0 Å². The van der Waals surface area contributed by atoms with Crippen molar-refractivity contribution in [3.8, 4) is 0 Å². The number of hydrogen-bond acceptors (Lipinski definition) is 3. The van der Waals surface area contributed by atoms with Crippen LogP contribution >= 0.6 is 12.2 Å². The Kier molecular flexibility index (Phi) is 3.23. The van der Waals surface area contributed by atoms with Gasteiger partial charge in [-0.2, -0.15) is 0 Å². The Morgan fingerprint density at radius 2 is 2.40 bits per heavy atom. The number of aromatic amines is 1. The van der Waals surface area contributed by atoms with Crippen LogP contribution in [0.2, 0.25) is 0 Å². The molecule has 5 heteroatoms. The van der Waals surface area contributed by atoms with E-state index in [1.807, 2.05) is 11.5 Å². The summed E-state index contributed by atoms with van der Waals surface area (Å²) in [7, 11) is 0. The molecule has 1 saturated carbocycles. The highest BCUT2D eigenvalue weighted by atomic mass is 32.1. The molecule has 0 amide bonds. The van der Waals surface area contributed by atoms with Gasteiger partial charge in [0.05, 0.1) is 18.4 Å². The average molecular weight is 228 g/mol. The number of aliphatic hydroxyl groups excluding tert-OH is 1. The van der Waals surface area contributed by atoms with Gasteiger partial charge in [0.1, 0.15) is 0 Å². The van der Waals surface area contributed by atoms with Crippen LogP contribution in [-0.2, 0) is 11.3 Å². The monoisotopic (exact) mass is 228 g/mol. The van der Waals surface area contributed by atoms with Crippen molar-refractivity contribution in [2.24, 2.45) is 0 Å². The van der Waals surface area contributed by atoms with E-state index in [4.69, 9.17) is 22.1 Å². The Morgan fingerprint density at radius 1 is 1.67 bits per heavy atom. The molecule has 0 aromatic carbocycles. The lowest BCUT2D eigenvalue weighted by molar-refractivity contribution is -0.0212. The van der Waals surface area contributed by atoms with Gasteiger partial charge in [0, 0.05) is 18.8 Å². The van der Waals surface area contributed by atoms with E-state index in [9.17, 15) is 0 Å². The van der Waals surface area contributed by atoms with E-state index >= 15 is 0 Å². The first-order valence-corrected chi connectivity index (χ1v) is 5.68. The van der Waals surface area contributed by atoms with Crippen LogP contribution in [0.1, 0.15) is 31.5 Å². The highest BCUT2D eigenvalue weighted by Gasteiger charge is 2.32. The average Bonchev–Trinajstić information content (AvgIpc) is 2.53. The van der Waals surface area contributed by atoms with Gasteiger partial charge in [-0.3, -0.25) is 0 Å². The van der Waals surface area contributed by atoms with E-state index in [0.717, 1.165) is 25.1 Å². The number of nitrogens with one attached hydrogen (secondary N) is 1. The van der Waals surface area contributed by atoms with Gasteiger partial charge in [-0.05, 0) is 32.0 Å². The molecule has 2 rings (SSSR count). The van der Waals surface area contributed by atoms with Crippen LogP contribution in [0.25, 0.3) is 0 Å². The second kappa shape index (κ2) is 4.47. The van der Waals surface area contributed by atoms with E-state index in [2.05, 4.69) is 4.98 Å². The van der Waals surface area contributed by atoms with Gasteiger partial charge in [-0.1, -0.05) is 0 Å². The van der Waals surface area contributed by atoms with Gasteiger partial charge in [-0.25, -0.2) is 0 Å². The largest absolute Gasteiger partial charge is 0.390 e. The molecule has 0 bridgehead atoms. The smallest absolute Gasteiger partial charge is 0.177 e. The SMILES string of the molecule is CCOC1CC(n2c(CO)c[nH]c2=S)C1. The molecule has 0 radical (unpaired) electrons. The number of nitrogens with zero attached hydrogens (tertiary/aromatic N) is 1. The molecule has 1 aliphatic rings. The number of aliphatic hydroxyl groups is 1. The van der Waals surface area contributed by atoms with E-state index in [0.29, 0.717) is 16.9 Å². The number of rotatable bonds is 4. The highest BCUT2D eigenvalue weighted by molar-refractivity contribution is 7.71. The molecule has 2 N–H and O–H groups in total. The maximum absolute atomic E-state index is 9.15. The molecule has 1 heterocycles. The van der Waals surface area contributed by atoms with Crippen molar-refractivity contribution in [3.05, 3.63) is 16.7 Å². The highest BCUT2D eigenvalue weighted by Crippen LogP contribution is 2.35. The van der Waals surface area contributed by atoms with Gasteiger partial charge in [-0.15, -0.1) is 0 Å². The number of ether oxygens (including phenoxy) is 1. The van der Waals surface area contributed by atoms with Crippen LogP contribution in [0.4, 0.5) is 0 Å². The van der Waals surface area contributed by atoms with Crippen molar-refractivity contribution < 1.29 is 9.84 Å². The van der Waals surface area contributed by atoms with Crippen molar-refractivity contribution in [3.63, 3.8) is 0 Å². The Bertz CT molecular complexity index is 379. The lowest BCUT2D eigenvalue weighted by Gasteiger charge is -2.36. The lowest BCUT2D eigenvalue weighted by Crippen LogP contribution is -2.34. The van der Waals surface area contributed by atoms with Crippen molar-refractivity contribution >= 4 is 12.2 Å². The Labute approximate surface area is 93.9 Å². The summed E-state index contributed by atoms with van der Waals surface area (Å²) in [4.78, 5) is 2.96. The van der Waals surface area contributed by atoms with Crippen molar-refractivity contribution in [1.82, 2.24) is 9.55 Å². The number of aromatic nitrogens is 2. The van der Waals surface area contributed by atoms with E-state index in [1.165, 1.54) is 0 Å². The number of hydrogen-bond donors (Lipinski definition) is 2. The zero-order valence-electron chi connectivity index (χ0n) is 8.77. The molecule has 1 aromatic rings. The molecule has 0 spiro atoms. The fraction of sp³-hybridized carbons (Fsp3) is 0.700. The molecule has 1 fully saturated rings. The fourth-order valence-corrected chi connectivity index (χ4v) is 2.38. The van der Waals surface area contributed by atoms with E-state index < -0.39 is 0 Å². The quantitative estimate of drug-likeness (QED) is 0.772. The second-order valence-corrected chi connectivity index (χ2v) is 4.20. The topological polar surface area (TPSA) is 50.2 Å². The molecule has 0 aliphatic heterocycles. The Hall–Kier alpha value is -0.650. The standard InChI is InChI=1S/C10H16N2O2S/c1-2-14-9-3-7(4-9)12-8(6-13)5-11-10(12)15/h5,7,9,13H,2-4,6H2,1H3,(H,11,15). The van der Waals surface area contributed by atoms with Gasteiger partial charge < -0.3 is 19.4 Å². The van der Waals surface area contributed by atoms with Crippen molar-refractivity contribution in [1.29, 1.82) is 0 Å². The predicted molar refractivity (Wildman–Crippen MR) is 59.2 cm³/mol. The Morgan fingerprint density at radius 3 is 3.00 bits per heavy atom. The second-order valence-electron chi connectivity index (χ2n) is 3.82. The third kappa shape index (κ3) is 2.00.